The average Bonchev–Trinajstić information content (AvgIpc) is 2.55. The molecule has 2 unspecified atom stereocenters. The van der Waals surface area contributed by atoms with Gasteiger partial charge in [0.2, 0.25) is 0 Å². The molecule has 125 valence electrons. The molecule has 5 nitrogen and oxygen atoms in total. The van der Waals surface area contributed by atoms with Gasteiger partial charge in [-0.05, 0) is 43.7 Å². The standard InChI is InChI=1S/C19H22N3O2/c1-14-11-22(12-15(2)24-14)13-16-5-7-17(8-6-16)19(23)21-18-4-3-9-20-10-18/h3-9,14-15H,11-13H2,1-2H3,(H,21,23). The number of hydrogen-bond donors (Lipinski definition) is 1. The minimum absolute atomic E-state index is 0.153. The molecule has 1 fully saturated rings. The predicted octanol–water partition coefficient (Wildman–Crippen LogP) is 2.74. The van der Waals surface area contributed by atoms with Crippen LogP contribution in [0.25, 0.3) is 0 Å². The van der Waals surface area contributed by atoms with Gasteiger partial charge in [0.1, 0.15) is 6.20 Å². The molecule has 1 aliphatic heterocycles. The maximum Gasteiger partial charge on any atom is 0.255 e. The van der Waals surface area contributed by atoms with Crippen LogP contribution in [-0.2, 0) is 11.3 Å². The van der Waals surface area contributed by atoms with E-state index in [1.807, 2.05) is 24.3 Å². The van der Waals surface area contributed by atoms with Crippen LogP contribution in [0.1, 0.15) is 29.8 Å². The number of morpholine rings is 1. The molecule has 24 heavy (non-hydrogen) atoms. The molecule has 1 aliphatic rings. The highest BCUT2D eigenvalue weighted by molar-refractivity contribution is 6.04. The first-order valence-corrected chi connectivity index (χ1v) is 8.21. The van der Waals surface area contributed by atoms with E-state index in [9.17, 15) is 4.79 Å². The molecule has 2 atom stereocenters. The van der Waals surface area contributed by atoms with Crippen LogP contribution in [0.5, 0.6) is 0 Å². The third kappa shape index (κ3) is 4.40. The molecular formula is C19H22N3O2. The number of anilines is 1. The summed E-state index contributed by atoms with van der Waals surface area (Å²) >= 11 is 0. The van der Waals surface area contributed by atoms with Gasteiger partial charge in [0, 0.05) is 31.4 Å². The molecule has 2 heterocycles. The van der Waals surface area contributed by atoms with Crippen LogP contribution in [-0.4, -0.2) is 41.1 Å². The molecule has 0 aliphatic carbocycles. The van der Waals surface area contributed by atoms with Crippen molar-refractivity contribution in [2.75, 3.05) is 18.4 Å². The Morgan fingerprint density at radius 1 is 1.25 bits per heavy atom. The third-order valence-corrected chi connectivity index (χ3v) is 3.97. The number of nitrogens with zero attached hydrogens (tertiary/aromatic N) is 2. The Morgan fingerprint density at radius 3 is 2.58 bits per heavy atom. The van der Waals surface area contributed by atoms with Gasteiger partial charge in [-0.2, -0.15) is 0 Å². The lowest BCUT2D eigenvalue weighted by atomic mass is 10.1. The first kappa shape index (κ1) is 16.6. The van der Waals surface area contributed by atoms with Crippen molar-refractivity contribution < 1.29 is 9.53 Å². The zero-order chi connectivity index (χ0) is 16.9. The summed E-state index contributed by atoms with van der Waals surface area (Å²) in [4.78, 5) is 18.5. The monoisotopic (exact) mass is 324 g/mol. The Morgan fingerprint density at radius 2 is 1.96 bits per heavy atom. The van der Waals surface area contributed by atoms with Crippen molar-refractivity contribution in [3.8, 4) is 0 Å². The van der Waals surface area contributed by atoms with Gasteiger partial charge in [-0.25, -0.2) is 0 Å². The van der Waals surface area contributed by atoms with Gasteiger partial charge in [-0.15, -0.1) is 0 Å². The molecule has 1 radical (unpaired) electrons. The van der Waals surface area contributed by atoms with Crippen molar-refractivity contribution in [2.24, 2.45) is 0 Å². The highest BCUT2D eigenvalue weighted by atomic mass is 16.5. The largest absolute Gasteiger partial charge is 0.373 e. The molecule has 2 aromatic rings. The van der Waals surface area contributed by atoms with Crippen LogP contribution in [0.4, 0.5) is 5.69 Å². The van der Waals surface area contributed by atoms with E-state index in [0.29, 0.717) is 11.3 Å². The van der Waals surface area contributed by atoms with E-state index in [0.717, 1.165) is 19.6 Å². The van der Waals surface area contributed by atoms with Crippen molar-refractivity contribution in [3.05, 3.63) is 59.9 Å². The number of amides is 1. The predicted molar refractivity (Wildman–Crippen MR) is 92.8 cm³/mol. The summed E-state index contributed by atoms with van der Waals surface area (Å²) in [5, 5.41) is 2.79. The molecule has 1 aromatic carbocycles. The number of hydrogen-bond acceptors (Lipinski definition) is 4. The molecule has 0 saturated carbocycles. The van der Waals surface area contributed by atoms with Crippen LogP contribution in [0.2, 0.25) is 0 Å². The summed E-state index contributed by atoms with van der Waals surface area (Å²) in [5.41, 5.74) is 2.39. The Kier molecular flexibility index (Phi) is 5.23. The number of rotatable bonds is 4. The Balaban J connectivity index is 1.60. The lowest BCUT2D eigenvalue weighted by molar-refractivity contribution is -0.0704. The summed E-state index contributed by atoms with van der Waals surface area (Å²) in [7, 11) is 0. The molecule has 3 rings (SSSR count). The second kappa shape index (κ2) is 7.55. The molecule has 1 saturated heterocycles. The van der Waals surface area contributed by atoms with E-state index in [-0.39, 0.29) is 18.1 Å². The van der Waals surface area contributed by atoms with Gasteiger partial charge in [0.05, 0.1) is 17.9 Å². The minimum Gasteiger partial charge on any atom is -0.373 e. The van der Waals surface area contributed by atoms with Crippen molar-refractivity contribution in [2.45, 2.75) is 32.6 Å². The first-order valence-electron chi connectivity index (χ1n) is 8.21. The summed E-state index contributed by atoms with van der Waals surface area (Å²) in [6, 6.07) is 11.3. The maximum absolute atomic E-state index is 12.2. The smallest absolute Gasteiger partial charge is 0.255 e. The highest BCUT2D eigenvalue weighted by Gasteiger charge is 2.22. The zero-order valence-corrected chi connectivity index (χ0v) is 14.0. The van der Waals surface area contributed by atoms with E-state index in [2.05, 4.69) is 35.2 Å². The lowest BCUT2D eigenvalue weighted by Gasteiger charge is -2.35. The molecule has 1 amide bonds. The first-order chi connectivity index (χ1) is 11.6. The molecule has 0 bridgehead atoms. The van der Waals surface area contributed by atoms with Crippen LogP contribution in [0.3, 0.4) is 0 Å². The summed E-state index contributed by atoms with van der Waals surface area (Å²) < 4.78 is 5.76. The fourth-order valence-corrected chi connectivity index (χ4v) is 3.02. The van der Waals surface area contributed by atoms with Crippen LogP contribution < -0.4 is 5.32 Å². The van der Waals surface area contributed by atoms with Gasteiger partial charge < -0.3 is 10.1 Å². The number of ether oxygens (including phenoxy) is 1. The Bertz CT molecular complexity index is 663. The van der Waals surface area contributed by atoms with Gasteiger partial charge >= 0.3 is 0 Å². The molecule has 1 aromatic heterocycles. The van der Waals surface area contributed by atoms with E-state index in [1.54, 1.807) is 18.3 Å². The van der Waals surface area contributed by atoms with E-state index >= 15 is 0 Å². The summed E-state index contributed by atoms with van der Waals surface area (Å²) in [5.74, 6) is -0.153. The number of carbonyl (C=O) groups is 1. The van der Waals surface area contributed by atoms with E-state index in [4.69, 9.17) is 4.74 Å². The van der Waals surface area contributed by atoms with Crippen molar-refractivity contribution in [1.29, 1.82) is 0 Å². The van der Waals surface area contributed by atoms with Crippen molar-refractivity contribution in [3.63, 3.8) is 0 Å². The zero-order valence-electron chi connectivity index (χ0n) is 14.0. The molecule has 5 heteroatoms. The second-order valence-electron chi connectivity index (χ2n) is 6.27. The van der Waals surface area contributed by atoms with Gasteiger partial charge in [0.15, 0.2) is 0 Å². The maximum atomic E-state index is 12.2. The average molecular weight is 324 g/mol. The van der Waals surface area contributed by atoms with Gasteiger partial charge in [0.25, 0.3) is 5.91 Å². The van der Waals surface area contributed by atoms with Crippen LogP contribution in [0, 0.1) is 6.20 Å². The fourth-order valence-electron chi connectivity index (χ4n) is 3.02. The Labute approximate surface area is 142 Å². The molecule has 0 spiro atoms. The SMILES string of the molecule is CC1CN(Cc2ccc(C(=O)Nc3[c]nccc3)cc2)CC(C)O1. The minimum atomic E-state index is -0.153. The third-order valence-electron chi connectivity index (χ3n) is 3.97. The molecule has 1 N–H and O–H groups in total. The quantitative estimate of drug-likeness (QED) is 0.939. The summed E-state index contributed by atoms with van der Waals surface area (Å²) in [6.45, 7) is 6.94. The lowest BCUT2D eigenvalue weighted by Crippen LogP contribution is -2.44. The second-order valence-corrected chi connectivity index (χ2v) is 6.27. The van der Waals surface area contributed by atoms with Crippen molar-refractivity contribution >= 4 is 11.6 Å². The Hall–Kier alpha value is -2.24. The molecular weight excluding hydrogens is 302 g/mol. The number of benzene rings is 1. The number of aromatic nitrogens is 1. The van der Waals surface area contributed by atoms with Gasteiger partial charge in [-0.3, -0.25) is 14.7 Å². The van der Waals surface area contributed by atoms with E-state index in [1.165, 1.54) is 5.56 Å². The fraction of sp³-hybridized carbons (Fsp3) is 0.368. The van der Waals surface area contributed by atoms with Crippen LogP contribution >= 0.6 is 0 Å². The highest BCUT2D eigenvalue weighted by Crippen LogP contribution is 2.15. The normalized spacial score (nSPS) is 21.4. The van der Waals surface area contributed by atoms with Gasteiger partial charge in [-0.1, -0.05) is 12.1 Å². The van der Waals surface area contributed by atoms with Crippen LogP contribution in [0.15, 0.2) is 42.6 Å². The van der Waals surface area contributed by atoms with E-state index < -0.39 is 0 Å². The topological polar surface area (TPSA) is 54.5 Å². The number of carbonyl (C=O) groups excluding carboxylic acids is 1. The van der Waals surface area contributed by atoms with Crippen molar-refractivity contribution in [1.82, 2.24) is 9.88 Å². The summed E-state index contributed by atoms with van der Waals surface area (Å²) in [6.07, 6.45) is 4.88. The number of pyridine rings is 1. The number of nitrogens with one attached hydrogen (secondary N) is 1.